The summed E-state index contributed by atoms with van der Waals surface area (Å²) in [5.74, 6) is -0.299. The van der Waals surface area contributed by atoms with Crippen LogP contribution in [0.2, 0.25) is 5.02 Å². The molecular formula is C24H25ClFN2O+. The maximum Gasteiger partial charge on any atom is 0.163 e. The molecule has 0 spiro atoms. The van der Waals surface area contributed by atoms with Gasteiger partial charge >= 0.3 is 0 Å². The second kappa shape index (κ2) is 8.54. The van der Waals surface area contributed by atoms with Gasteiger partial charge in [-0.25, -0.2) is 4.39 Å². The third-order valence-electron chi connectivity index (χ3n) is 5.72. The highest BCUT2D eigenvalue weighted by molar-refractivity contribution is 6.30. The molecular weight excluding hydrogens is 387 g/mol. The molecule has 1 aliphatic rings. The smallest absolute Gasteiger partial charge is 0.163 e. The summed E-state index contributed by atoms with van der Waals surface area (Å²) in [7, 11) is 0. The van der Waals surface area contributed by atoms with Gasteiger partial charge in [0.1, 0.15) is 12.4 Å². The minimum atomic E-state index is -1.16. The Labute approximate surface area is 176 Å². The molecule has 0 aromatic heterocycles. The van der Waals surface area contributed by atoms with E-state index < -0.39 is 5.60 Å². The third kappa shape index (κ3) is 4.45. The average Bonchev–Trinajstić information content (AvgIpc) is 2.75. The van der Waals surface area contributed by atoms with Gasteiger partial charge in [-0.2, -0.15) is 0 Å². The SMILES string of the molecule is O[C@](C[NH+]1CCN(c2cccc(Cl)c2)CC1)(c1ccccc1)c1ccc(F)cc1. The number of quaternary nitrogens is 1. The molecule has 0 amide bonds. The standard InChI is InChI=1S/C24H24ClFN2O/c25-21-7-4-8-23(17-21)28-15-13-27(14-16-28)18-24(29,19-5-2-1-3-6-19)20-9-11-22(26)12-10-20/h1-12,17,29H,13-16,18H2/p+1/t24-/m1/s1. The number of rotatable bonds is 5. The molecule has 1 aliphatic heterocycles. The molecule has 0 bridgehead atoms. The maximum atomic E-state index is 13.5. The summed E-state index contributed by atoms with van der Waals surface area (Å²) in [5, 5.41) is 12.5. The van der Waals surface area contributed by atoms with Gasteiger partial charge in [0.05, 0.1) is 26.2 Å². The Bertz CT molecular complexity index is 943. The van der Waals surface area contributed by atoms with Crippen LogP contribution in [0.3, 0.4) is 0 Å². The lowest BCUT2D eigenvalue weighted by molar-refractivity contribution is -0.907. The fourth-order valence-electron chi connectivity index (χ4n) is 4.10. The van der Waals surface area contributed by atoms with E-state index in [1.54, 1.807) is 12.1 Å². The second-order valence-corrected chi connectivity index (χ2v) is 8.06. The summed E-state index contributed by atoms with van der Waals surface area (Å²) >= 11 is 6.14. The highest BCUT2D eigenvalue weighted by atomic mass is 35.5. The molecule has 1 fully saturated rings. The summed E-state index contributed by atoms with van der Waals surface area (Å²) in [4.78, 5) is 3.65. The highest BCUT2D eigenvalue weighted by Gasteiger charge is 2.37. The third-order valence-corrected chi connectivity index (χ3v) is 5.96. The van der Waals surface area contributed by atoms with E-state index in [0.717, 1.165) is 48.0 Å². The summed E-state index contributed by atoms with van der Waals surface area (Å²) in [6, 6.07) is 23.8. The molecule has 3 aromatic carbocycles. The first kappa shape index (κ1) is 19.9. The van der Waals surface area contributed by atoms with Crippen molar-refractivity contribution in [1.82, 2.24) is 0 Å². The van der Waals surface area contributed by atoms with Crippen molar-refractivity contribution in [3.8, 4) is 0 Å². The van der Waals surface area contributed by atoms with Gasteiger partial charge in [0, 0.05) is 10.7 Å². The van der Waals surface area contributed by atoms with Crippen molar-refractivity contribution in [2.24, 2.45) is 0 Å². The van der Waals surface area contributed by atoms with Crippen molar-refractivity contribution in [2.45, 2.75) is 5.60 Å². The van der Waals surface area contributed by atoms with E-state index >= 15 is 0 Å². The molecule has 3 aromatic rings. The summed E-state index contributed by atoms with van der Waals surface area (Å²) in [6.45, 7) is 4.13. The topological polar surface area (TPSA) is 27.9 Å². The molecule has 0 saturated carbocycles. The van der Waals surface area contributed by atoms with Gasteiger partial charge in [-0.3, -0.25) is 0 Å². The number of benzene rings is 3. The molecule has 29 heavy (non-hydrogen) atoms. The Hall–Kier alpha value is -2.40. The number of hydrogen-bond donors (Lipinski definition) is 2. The molecule has 0 unspecified atom stereocenters. The van der Waals surface area contributed by atoms with E-state index in [1.807, 2.05) is 48.5 Å². The van der Waals surface area contributed by atoms with E-state index in [1.165, 1.54) is 17.0 Å². The van der Waals surface area contributed by atoms with Gasteiger partial charge < -0.3 is 14.9 Å². The monoisotopic (exact) mass is 411 g/mol. The van der Waals surface area contributed by atoms with Gasteiger partial charge in [0.2, 0.25) is 0 Å². The van der Waals surface area contributed by atoms with E-state index in [4.69, 9.17) is 11.6 Å². The van der Waals surface area contributed by atoms with Crippen LogP contribution in [-0.2, 0) is 5.60 Å². The van der Waals surface area contributed by atoms with Crippen LogP contribution in [0.1, 0.15) is 11.1 Å². The quantitative estimate of drug-likeness (QED) is 0.675. The predicted octanol–water partition coefficient (Wildman–Crippen LogP) is 3.12. The molecule has 0 aliphatic carbocycles. The van der Waals surface area contributed by atoms with Crippen molar-refractivity contribution in [2.75, 3.05) is 37.6 Å². The molecule has 4 rings (SSSR count). The molecule has 150 valence electrons. The molecule has 3 nitrogen and oxygen atoms in total. The van der Waals surface area contributed by atoms with E-state index in [2.05, 4.69) is 11.0 Å². The first-order chi connectivity index (χ1) is 14.0. The number of aliphatic hydroxyl groups is 1. The average molecular weight is 412 g/mol. The van der Waals surface area contributed by atoms with Crippen molar-refractivity contribution in [3.63, 3.8) is 0 Å². The Kier molecular flexibility index (Phi) is 5.86. The van der Waals surface area contributed by atoms with Gasteiger partial charge in [-0.1, -0.05) is 60.1 Å². The fraction of sp³-hybridized carbons (Fsp3) is 0.250. The van der Waals surface area contributed by atoms with Crippen LogP contribution >= 0.6 is 11.6 Å². The predicted molar refractivity (Wildman–Crippen MR) is 115 cm³/mol. The number of nitrogens with one attached hydrogen (secondary N) is 1. The molecule has 2 N–H and O–H groups in total. The Morgan fingerprint density at radius 1 is 0.897 bits per heavy atom. The zero-order valence-corrected chi connectivity index (χ0v) is 16.9. The highest BCUT2D eigenvalue weighted by Crippen LogP contribution is 2.28. The van der Waals surface area contributed by atoms with Crippen LogP contribution in [0, 0.1) is 5.82 Å². The normalized spacial score (nSPS) is 17.1. The minimum absolute atomic E-state index is 0.299. The van der Waals surface area contributed by atoms with Crippen LogP contribution < -0.4 is 9.80 Å². The molecule has 5 heteroatoms. The number of nitrogens with zero attached hydrogens (tertiary/aromatic N) is 1. The van der Waals surface area contributed by atoms with E-state index in [9.17, 15) is 9.50 Å². The lowest BCUT2D eigenvalue weighted by Crippen LogP contribution is -3.16. The molecule has 1 heterocycles. The number of hydrogen-bond acceptors (Lipinski definition) is 2. The first-order valence-corrected chi connectivity index (χ1v) is 10.3. The largest absolute Gasteiger partial charge is 0.375 e. The molecule has 1 atom stereocenters. The zero-order valence-electron chi connectivity index (χ0n) is 16.2. The fourth-order valence-corrected chi connectivity index (χ4v) is 4.29. The lowest BCUT2D eigenvalue weighted by Gasteiger charge is -2.38. The zero-order chi connectivity index (χ0) is 20.3. The van der Waals surface area contributed by atoms with Gasteiger partial charge in [0.15, 0.2) is 5.60 Å². The van der Waals surface area contributed by atoms with Crippen molar-refractivity contribution >= 4 is 17.3 Å². The van der Waals surface area contributed by atoms with Crippen LogP contribution in [-0.4, -0.2) is 37.8 Å². The van der Waals surface area contributed by atoms with Crippen LogP contribution in [0.5, 0.6) is 0 Å². The van der Waals surface area contributed by atoms with E-state index in [0.29, 0.717) is 6.54 Å². The Morgan fingerprint density at radius 3 is 2.21 bits per heavy atom. The summed E-state index contributed by atoms with van der Waals surface area (Å²) < 4.78 is 13.5. The summed E-state index contributed by atoms with van der Waals surface area (Å²) in [6.07, 6.45) is 0. The van der Waals surface area contributed by atoms with Crippen molar-refractivity contribution < 1.29 is 14.4 Å². The van der Waals surface area contributed by atoms with Crippen LogP contribution in [0.25, 0.3) is 0 Å². The first-order valence-electron chi connectivity index (χ1n) is 9.93. The van der Waals surface area contributed by atoms with Gasteiger partial charge in [-0.05, 0) is 41.5 Å². The van der Waals surface area contributed by atoms with Crippen molar-refractivity contribution in [1.29, 1.82) is 0 Å². The molecule has 0 radical (unpaired) electrons. The van der Waals surface area contributed by atoms with E-state index in [-0.39, 0.29) is 5.82 Å². The molecule has 1 saturated heterocycles. The van der Waals surface area contributed by atoms with Gasteiger partial charge in [-0.15, -0.1) is 0 Å². The minimum Gasteiger partial charge on any atom is -0.375 e. The maximum absolute atomic E-state index is 13.5. The summed E-state index contributed by atoms with van der Waals surface area (Å²) in [5.41, 5.74) is 1.52. The Balaban J connectivity index is 1.52. The Morgan fingerprint density at radius 2 is 1.55 bits per heavy atom. The van der Waals surface area contributed by atoms with Gasteiger partial charge in [0.25, 0.3) is 0 Å². The van der Waals surface area contributed by atoms with Crippen LogP contribution in [0.15, 0.2) is 78.9 Å². The number of piperazine rings is 1. The van der Waals surface area contributed by atoms with Crippen LogP contribution in [0.4, 0.5) is 10.1 Å². The van der Waals surface area contributed by atoms with Crippen molar-refractivity contribution in [3.05, 3.63) is 101 Å². The number of halogens is 2. The lowest BCUT2D eigenvalue weighted by atomic mass is 9.85. The second-order valence-electron chi connectivity index (χ2n) is 7.63. The number of anilines is 1.